The molecule has 2 aromatic heterocycles. The molecule has 0 aliphatic heterocycles. The number of ether oxygens (including phenoxy) is 2. The summed E-state index contributed by atoms with van der Waals surface area (Å²) in [5, 5.41) is 0.462. The Bertz CT molecular complexity index is 1290. The van der Waals surface area contributed by atoms with E-state index in [2.05, 4.69) is 14.7 Å². The Morgan fingerprint density at radius 3 is 2.66 bits per heavy atom. The van der Waals surface area contributed by atoms with Gasteiger partial charge >= 0.3 is 0 Å². The van der Waals surface area contributed by atoms with Gasteiger partial charge in [0.05, 0.1) is 22.4 Å². The number of benzene rings is 1. The maximum Gasteiger partial charge on any atom is 0.264 e. The smallest absolute Gasteiger partial charge is 0.264 e. The fourth-order valence-electron chi connectivity index (χ4n) is 3.72. The van der Waals surface area contributed by atoms with Crippen LogP contribution in [-0.2, 0) is 25.0 Å². The fraction of sp³-hybridized carbons (Fsp3) is 0.348. The molecule has 0 spiro atoms. The normalized spacial score (nSPS) is 14.8. The summed E-state index contributed by atoms with van der Waals surface area (Å²) in [6.07, 6.45) is 2.67. The summed E-state index contributed by atoms with van der Waals surface area (Å²) in [5.74, 6) is -0.263. The second-order valence-corrected chi connectivity index (χ2v) is 9.65. The van der Waals surface area contributed by atoms with E-state index in [4.69, 9.17) is 9.47 Å². The maximum absolute atomic E-state index is 13.3. The highest BCUT2D eigenvalue weighted by Crippen LogP contribution is 2.51. The van der Waals surface area contributed by atoms with Gasteiger partial charge in [-0.15, -0.1) is 0 Å². The van der Waals surface area contributed by atoms with Gasteiger partial charge in [-0.05, 0) is 62.6 Å². The van der Waals surface area contributed by atoms with Crippen LogP contribution in [0.5, 0.6) is 5.88 Å². The lowest BCUT2D eigenvalue weighted by Crippen LogP contribution is -2.39. The van der Waals surface area contributed by atoms with Gasteiger partial charge in [-0.25, -0.2) is 18.1 Å². The van der Waals surface area contributed by atoms with E-state index in [1.807, 2.05) is 19.9 Å². The molecule has 4 rings (SSSR count). The molecule has 1 saturated carbocycles. The minimum Gasteiger partial charge on any atom is -0.475 e. The average molecular weight is 456 g/mol. The van der Waals surface area contributed by atoms with E-state index in [1.54, 1.807) is 37.6 Å². The van der Waals surface area contributed by atoms with Crippen LogP contribution in [-0.4, -0.2) is 44.6 Å². The molecule has 1 N–H and O–H groups in total. The molecule has 1 amide bonds. The largest absolute Gasteiger partial charge is 0.475 e. The molecule has 2 heterocycles. The predicted molar refractivity (Wildman–Crippen MR) is 119 cm³/mol. The molecular weight excluding hydrogens is 430 g/mol. The second-order valence-electron chi connectivity index (χ2n) is 8.00. The molecular formula is C23H25N3O5S. The van der Waals surface area contributed by atoms with E-state index in [-0.39, 0.29) is 11.5 Å². The molecule has 168 valence electrons. The third-order valence-corrected chi connectivity index (χ3v) is 6.95. The van der Waals surface area contributed by atoms with Crippen LogP contribution in [0, 0.1) is 13.8 Å². The summed E-state index contributed by atoms with van der Waals surface area (Å²) in [4.78, 5) is 22.0. The molecule has 1 aliphatic carbocycles. The van der Waals surface area contributed by atoms with Gasteiger partial charge in [0.15, 0.2) is 0 Å². The Balaban J connectivity index is 1.66. The predicted octanol–water partition coefficient (Wildman–Crippen LogP) is 2.81. The zero-order chi connectivity index (χ0) is 22.9. The Morgan fingerprint density at radius 2 is 1.94 bits per heavy atom. The summed E-state index contributed by atoms with van der Waals surface area (Å²) in [5.41, 5.74) is 1.79. The van der Waals surface area contributed by atoms with Crippen LogP contribution in [0.1, 0.15) is 29.7 Å². The van der Waals surface area contributed by atoms with E-state index in [0.29, 0.717) is 41.8 Å². The summed E-state index contributed by atoms with van der Waals surface area (Å²) >= 11 is 0. The van der Waals surface area contributed by atoms with Gasteiger partial charge in [0.25, 0.3) is 10.0 Å². The molecule has 0 radical (unpaired) electrons. The molecule has 1 aromatic carbocycles. The van der Waals surface area contributed by atoms with Crippen molar-refractivity contribution >= 4 is 26.8 Å². The molecule has 1 aliphatic rings. The number of nitrogens with zero attached hydrogens (tertiary/aromatic N) is 2. The van der Waals surface area contributed by atoms with E-state index in [0.717, 1.165) is 11.3 Å². The van der Waals surface area contributed by atoms with Gasteiger partial charge < -0.3 is 9.47 Å². The van der Waals surface area contributed by atoms with Gasteiger partial charge in [-0.3, -0.25) is 9.78 Å². The first-order chi connectivity index (χ1) is 15.3. The van der Waals surface area contributed by atoms with Crippen LogP contribution < -0.4 is 9.46 Å². The molecule has 0 atom stereocenters. The first kappa shape index (κ1) is 22.2. The van der Waals surface area contributed by atoms with Crippen LogP contribution in [0.25, 0.3) is 10.9 Å². The Kier molecular flexibility index (Phi) is 5.87. The molecule has 3 aromatic rings. The fourth-order valence-corrected chi connectivity index (χ4v) is 4.99. The van der Waals surface area contributed by atoms with Crippen molar-refractivity contribution in [2.75, 3.05) is 20.3 Å². The summed E-state index contributed by atoms with van der Waals surface area (Å²) < 4.78 is 39.4. The number of carbonyl (C=O) groups excluding carboxylic acids is 1. The van der Waals surface area contributed by atoms with E-state index in [9.17, 15) is 13.2 Å². The number of fused-ring (bicyclic) bond motifs is 1. The molecule has 0 saturated heterocycles. The van der Waals surface area contributed by atoms with Crippen LogP contribution >= 0.6 is 0 Å². The third-order valence-electron chi connectivity index (χ3n) is 5.56. The summed E-state index contributed by atoms with van der Waals surface area (Å²) in [7, 11) is -2.55. The number of hydrogen-bond donors (Lipinski definition) is 1. The minimum atomic E-state index is -4.11. The molecule has 0 unspecified atom stereocenters. The molecule has 9 heteroatoms. The van der Waals surface area contributed by atoms with Crippen molar-refractivity contribution in [1.29, 1.82) is 0 Å². The number of aromatic nitrogens is 2. The Morgan fingerprint density at radius 1 is 1.16 bits per heavy atom. The number of carbonyl (C=O) groups is 1. The van der Waals surface area contributed by atoms with Crippen molar-refractivity contribution in [2.24, 2.45) is 0 Å². The quantitative estimate of drug-likeness (QED) is 0.521. The van der Waals surface area contributed by atoms with Crippen molar-refractivity contribution in [3.05, 3.63) is 59.4 Å². The Hall–Kier alpha value is -3.04. The second kappa shape index (κ2) is 8.48. The lowest BCUT2D eigenvalue weighted by atomic mass is 9.95. The highest BCUT2D eigenvalue weighted by atomic mass is 32.2. The van der Waals surface area contributed by atoms with Gasteiger partial charge in [-0.2, -0.15) is 0 Å². The number of methoxy groups -OCH3 is 1. The average Bonchev–Trinajstić information content (AvgIpc) is 3.56. The van der Waals surface area contributed by atoms with E-state index in [1.165, 1.54) is 6.07 Å². The number of pyridine rings is 2. The lowest BCUT2D eigenvalue weighted by Gasteiger charge is -2.19. The number of aryl methyl sites for hydroxylation is 2. The van der Waals surface area contributed by atoms with Crippen molar-refractivity contribution in [3.63, 3.8) is 0 Å². The summed E-state index contributed by atoms with van der Waals surface area (Å²) in [6, 6.07) is 10.1. The Labute approximate surface area is 187 Å². The lowest BCUT2D eigenvalue weighted by molar-refractivity contribution is -0.121. The molecule has 1 fully saturated rings. The van der Waals surface area contributed by atoms with Crippen LogP contribution in [0.2, 0.25) is 0 Å². The van der Waals surface area contributed by atoms with E-state index >= 15 is 0 Å². The van der Waals surface area contributed by atoms with Crippen molar-refractivity contribution in [1.82, 2.24) is 14.7 Å². The van der Waals surface area contributed by atoms with Crippen LogP contribution in [0.4, 0.5) is 0 Å². The van der Waals surface area contributed by atoms with Gasteiger partial charge in [-0.1, -0.05) is 6.07 Å². The van der Waals surface area contributed by atoms with Crippen molar-refractivity contribution in [2.45, 2.75) is 37.0 Å². The maximum atomic E-state index is 13.3. The standard InChI is InChI=1S/C23H25N3O5S/c1-15-13-18(21(24-14-15)31-12-11-30-3)23(9-10-23)22(27)26-32(28,29)20-6-4-5-19-17(20)8-7-16(2)25-19/h4-8,13-14H,9-12H2,1-3H3,(H,26,27). The molecule has 0 bridgehead atoms. The summed E-state index contributed by atoms with van der Waals surface area (Å²) in [6.45, 7) is 4.35. The van der Waals surface area contributed by atoms with Crippen LogP contribution in [0.15, 0.2) is 47.5 Å². The monoisotopic (exact) mass is 455 g/mol. The zero-order valence-corrected chi connectivity index (χ0v) is 19.0. The van der Waals surface area contributed by atoms with Gasteiger partial charge in [0, 0.05) is 30.0 Å². The SMILES string of the molecule is COCCOc1ncc(C)cc1C1(C(=O)NS(=O)(=O)c2cccc3nc(C)ccc23)CC1. The number of sulfonamides is 1. The number of nitrogens with one attached hydrogen (secondary N) is 1. The minimum absolute atomic E-state index is 0.0191. The van der Waals surface area contributed by atoms with Crippen molar-refractivity contribution < 1.29 is 22.7 Å². The topological polar surface area (TPSA) is 107 Å². The first-order valence-electron chi connectivity index (χ1n) is 10.3. The van der Waals surface area contributed by atoms with Crippen LogP contribution in [0.3, 0.4) is 0 Å². The number of rotatable bonds is 8. The van der Waals surface area contributed by atoms with Crippen molar-refractivity contribution in [3.8, 4) is 5.88 Å². The molecule has 8 nitrogen and oxygen atoms in total. The van der Waals surface area contributed by atoms with E-state index < -0.39 is 21.3 Å². The first-order valence-corrected chi connectivity index (χ1v) is 11.8. The number of amides is 1. The number of hydrogen-bond acceptors (Lipinski definition) is 7. The highest BCUT2D eigenvalue weighted by Gasteiger charge is 2.54. The molecule has 32 heavy (non-hydrogen) atoms. The van der Waals surface area contributed by atoms with Gasteiger partial charge in [0.1, 0.15) is 6.61 Å². The third kappa shape index (κ3) is 4.18. The van der Waals surface area contributed by atoms with Gasteiger partial charge in [0.2, 0.25) is 11.8 Å². The zero-order valence-electron chi connectivity index (χ0n) is 18.2. The highest BCUT2D eigenvalue weighted by molar-refractivity contribution is 7.90.